The van der Waals surface area contributed by atoms with Gasteiger partial charge in [0.25, 0.3) is 5.91 Å². The van der Waals surface area contributed by atoms with E-state index in [0.29, 0.717) is 24.4 Å². The van der Waals surface area contributed by atoms with Crippen LogP contribution >= 0.6 is 0 Å². The van der Waals surface area contributed by atoms with Crippen molar-refractivity contribution in [1.82, 2.24) is 14.8 Å². The second kappa shape index (κ2) is 6.63. The summed E-state index contributed by atoms with van der Waals surface area (Å²) in [7, 11) is 0. The molecule has 1 fully saturated rings. The smallest absolute Gasteiger partial charge is 0.257 e. The molecular formula is C17H18N4O2. The van der Waals surface area contributed by atoms with Crippen molar-refractivity contribution in [3.05, 3.63) is 53.2 Å². The van der Waals surface area contributed by atoms with Crippen LogP contribution in [-0.2, 0) is 6.54 Å². The van der Waals surface area contributed by atoms with Crippen LogP contribution in [-0.4, -0.2) is 46.9 Å². The molecule has 1 aliphatic heterocycles. The topological polar surface area (TPSA) is 73.4 Å². The number of hydrogen-bond donors (Lipinski definition) is 0. The molecular weight excluding hydrogens is 292 g/mol. The quantitative estimate of drug-likeness (QED) is 0.864. The zero-order chi connectivity index (χ0) is 16.2. The zero-order valence-corrected chi connectivity index (χ0v) is 13.0. The lowest BCUT2D eigenvalue weighted by Gasteiger charge is -2.34. The van der Waals surface area contributed by atoms with E-state index in [2.05, 4.69) is 9.88 Å². The molecule has 1 aliphatic rings. The van der Waals surface area contributed by atoms with Crippen LogP contribution in [0.15, 0.2) is 35.0 Å². The van der Waals surface area contributed by atoms with Crippen molar-refractivity contribution in [2.45, 2.75) is 13.5 Å². The lowest BCUT2D eigenvalue weighted by molar-refractivity contribution is 0.0627. The Labute approximate surface area is 134 Å². The number of piperazine rings is 1. The van der Waals surface area contributed by atoms with Crippen LogP contribution in [0.4, 0.5) is 0 Å². The number of amides is 1. The number of nitriles is 1. The van der Waals surface area contributed by atoms with Gasteiger partial charge in [-0.05, 0) is 24.6 Å². The van der Waals surface area contributed by atoms with Crippen LogP contribution in [0.5, 0.6) is 0 Å². The van der Waals surface area contributed by atoms with Gasteiger partial charge in [-0.2, -0.15) is 5.26 Å². The third-order valence-electron chi connectivity index (χ3n) is 4.07. The minimum atomic E-state index is -0.0590. The van der Waals surface area contributed by atoms with E-state index in [0.717, 1.165) is 19.6 Å². The van der Waals surface area contributed by atoms with Crippen molar-refractivity contribution >= 4 is 5.91 Å². The summed E-state index contributed by atoms with van der Waals surface area (Å²) in [5.74, 6) is 0.629. The van der Waals surface area contributed by atoms with Crippen LogP contribution in [0, 0.1) is 18.3 Å². The van der Waals surface area contributed by atoms with Crippen molar-refractivity contribution < 1.29 is 9.21 Å². The zero-order valence-electron chi connectivity index (χ0n) is 13.0. The molecule has 2 aromatic heterocycles. The second-order valence-electron chi connectivity index (χ2n) is 5.62. The summed E-state index contributed by atoms with van der Waals surface area (Å²) in [6, 6.07) is 7.48. The predicted molar refractivity (Wildman–Crippen MR) is 83.6 cm³/mol. The van der Waals surface area contributed by atoms with E-state index in [9.17, 15) is 4.79 Å². The summed E-state index contributed by atoms with van der Waals surface area (Å²) in [6.07, 6.45) is 3.59. The van der Waals surface area contributed by atoms with E-state index < -0.39 is 0 Å². The highest BCUT2D eigenvalue weighted by Gasteiger charge is 2.25. The maximum Gasteiger partial charge on any atom is 0.257 e. The molecule has 118 valence electrons. The third-order valence-corrected chi connectivity index (χ3v) is 4.07. The molecule has 6 heteroatoms. The molecule has 1 amide bonds. The SMILES string of the molecule is Cc1oc(C#N)cc1C(=O)N1CCN(Cc2ccncc2)CC1. The fourth-order valence-corrected chi connectivity index (χ4v) is 2.78. The molecule has 1 saturated heterocycles. The number of carbonyl (C=O) groups excluding carboxylic acids is 1. The molecule has 0 aromatic carbocycles. The Morgan fingerprint density at radius 3 is 2.61 bits per heavy atom. The summed E-state index contributed by atoms with van der Waals surface area (Å²) in [6.45, 7) is 5.60. The van der Waals surface area contributed by atoms with E-state index in [-0.39, 0.29) is 11.7 Å². The highest BCUT2D eigenvalue weighted by atomic mass is 16.3. The van der Waals surface area contributed by atoms with Crippen molar-refractivity contribution in [1.29, 1.82) is 5.26 Å². The Hall–Kier alpha value is -2.65. The van der Waals surface area contributed by atoms with Gasteiger partial charge >= 0.3 is 0 Å². The Balaban J connectivity index is 1.59. The van der Waals surface area contributed by atoms with Crippen LogP contribution < -0.4 is 0 Å². The van der Waals surface area contributed by atoms with Crippen molar-refractivity contribution in [2.24, 2.45) is 0 Å². The van der Waals surface area contributed by atoms with Gasteiger partial charge in [-0.3, -0.25) is 14.7 Å². The summed E-state index contributed by atoms with van der Waals surface area (Å²) < 4.78 is 5.25. The van der Waals surface area contributed by atoms with E-state index in [1.807, 2.05) is 23.1 Å². The standard InChI is InChI=1S/C17H18N4O2/c1-13-16(10-15(11-18)23-13)17(22)21-8-6-20(7-9-21)12-14-2-4-19-5-3-14/h2-5,10H,6-9,12H2,1H3. The number of nitrogens with zero attached hydrogens (tertiary/aromatic N) is 4. The van der Waals surface area contributed by atoms with E-state index in [4.69, 9.17) is 9.68 Å². The minimum Gasteiger partial charge on any atom is -0.450 e. The Morgan fingerprint density at radius 1 is 1.30 bits per heavy atom. The first-order valence-electron chi connectivity index (χ1n) is 7.58. The largest absolute Gasteiger partial charge is 0.450 e. The summed E-state index contributed by atoms with van der Waals surface area (Å²) in [5.41, 5.74) is 1.72. The first kappa shape index (κ1) is 15.3. The van der Waals surface area contributed by atoms with Gasteiger partial charge in [0.05, 0.1) is 5.56 Å². The second-order valence-corrected chi connectivity index (χ2v) is 5.62. The van der Waals surface area contributed by atoms with Crippen LogP contribution in [0.3, 0.4) is 0 Å². The molecule has 3 rings (SSSR count). The number of hydrogen-bond acceptors (Lipinski definition) is 5. The van der Waals surface area contributed by atoms with E-state index in [1.165, 1.54) is 11.6 Å². The van der Waals surface area contributed by atoms with Gasteiger partial charge in [0, 0.05) is 51.2 Å². The average molecular weight is 310 g/mol. The van der Waals surface area contributed by atoms with Gasteiger partial charge in [0.15, 0.2) is 0 Å². The fourth-order valence-electron chi connectivity index (χ4n) is 2.78. The molecule has 0 bridgehead atoms. The molecule has 0 N–H and O–H groups in total. The molecule has 2 aromatic rings. The number of pyridine rings is 1. The van der Waals surface area contributed by atoms with Crippen LogP contribution in [0.1, 0.15) is 27.4 Å². The molecule has 6 nitrogen and oxygen atoms in total. The number of aromatic nitrogens is 1. The Bertz CT molecular complexity index is 725. The van der Waals surface area contributed by atoms with Crippen molar-refractivity contribution in [2.75, 3.05) is 26.2 Å². The molecule has 0 unspecified atom stereocenters. The summed E-state index contributed by atoms with van der Waals surface area (Å²) in [4.78, 5) is 20.7. The maximum atomic E-state index is 12.5. The third kappa shape index (κ3) is 3.41. The van der Waals surface area contributed by atoms with E-state index >= 15 is 0 Å². The monoisotopic (exact) mass is 310 g/mol. The number of carbonyl (C=O) groups is 1. The first-order chi connectivity index (χ1) is 11.2. The molecule has 3 heterocycles. The average Bonchev–Trinajstić information content (AvgIpc) is 2.97. The summed E-state index contributed by atoms with van der Waals surface area (Å²) in [5, 5.41) is 8.86. The van der Waals surface area contributed by atoms with Gasteiger partial charge in [0.2, 0.25) is 5.76 Å². The number of aryl methyl sites for hydroxylation is 1. The maximum absolute atomic E-state index is 12.5. The van der Waals surface area contributed by atoms with Crippen LogP contribution in [0.2, 0.25) is 0 Å². The van der Waals surface area contributed by atoms with Crippen molar-refractivity contribution in [3.63, 3.8) is 0 Å². The lowest BCUT2D eigenvalue weighted by atomic mass is 10.2. The van der Waals surface area contributed by atoms with Gasteiger partial charge in [-0.1, -0.05) is 0 Å². The van der Waals surface area contributed by atoms with Crippen molar-refractivity contribution in [3.8, 4) is 6.07 Å². The summed E-state index contributed by atoms with van der Waals surface area (Å²) >= 11 is 0. The Morgan fingerprint density at radius 2 is 2.00 bits per heavy atom. The minimum absolute atomic E-state index is 0.0590. The van der Waals surface area contributed by atoms with Gasteiger partial charge < -0.3 is 9.32 Å². The molecule has 0 spiro atoms. The van der Waals surface area contributed by atoms with Gasteiger partial charge in [-0.15, -0.1) is 0 Å². The predicted octanol–water partition coefficient (Wildman–Crippen LogP) is 1.81. The first-order valence-corrected chi connectivity index (χ1v) is 7.58. The van der Waals surface area contributed by atoms with Gasteiger partial charge in [-0.25, -0.2) is 0 Å². The molecule has 23 heavy (non-hydrogen) atoms. The highest BCUT2D eigenvalue weighted by molar-refractivity contribution is 5.95. The lowest BCUT2D eigenvalue weighted by Crippen LogP contribution is -2.48. The Kier molecular flexibility index (Phi) is 4.40. The molecule has 0 atom stereocenters. The fraction of sp³-hybridized carbons (Fsp3) is 0.353. The molecule has 0 aliphatic carbocycles. The number of furan rings is 1. The van der Waals surface area contributed by atoms with E-state index in [1.54, 1.807) is 19.3 Å². The number of rotatable bonds is 3. The normalized spacial score (nSPS) is 15.4. The molecule has 0 radical (unpaired) electrons. The van der Waals surface area contributed by atoms with Crippen LogP contribution in [0.25, 0.3) is 0 Å². The molecule has 0 saturated carbocycles. The highest BCUT2D eigenvalue weighted by Crippen LogP contribution is 2.17. The van der Waals surface area contributed by atoms with Gasteiger partial charge in [0.1, 0.15) is 11.8 Å².